The largest absolute Gasteiger partial charge is 0.396 e. The average molecular weight is 320 g/mol. The standard InChI is InChI=1S/C13H22BrNOS/c1-12(2,10-5-6-11(14)17-10)9-15-13(3,4)7-8-16/h5-6,15-16H,7-9H2,1-4H3. The molecule has 1 rings (SSSR count). The van der Waals surface area contributed by atoms with Gasteiger partial charge in [-0.25, -0.2) is 0 Å². The fraction of sp³-hybridized carbons (Fsp3) is 0.692. The first-order chi connectivity index (χ1) is 7.77. The monoisotopic (exact) mass is 319 g/mol. The van der Waals surface area contributed by atoms with E-state index in [0.29, 0.717) is 0 Å². The average Bonchev–Trinajstić information content (AvgIpc) is 2.63. The van der Waals surface area contributed by atoms with Crippen molar-refractivity contribution < 1.29 is 5.11 Å². The highest BCUT2D eigenvalue weighted by Gasteiger charge is 2.26. The summed E-state index contributed by atoms with van der Waals surface area (Å²) in [5, 5.41) is 12.5. The molecule has 1 aromatic rings. The second kappa shape index (κ2) is 5.83. The van der Waals surface area contributed by atoms with Crippen LogP contribution in [0, 0.1) is 0 Å². The summed E-state index contributed by atoms with van der Waals surface area (Å²) < 4.78 is 1.18. The summed E-state index contributed by atoms with van der Waals surface area (Å²) in [6.07, 6.45) is 0.775. The van der Waals surface area contributed by atoms with E-state index < -0.39 is 0 Å². The molecule has 0 radical (unpaired) electrons. The molecule has 2 nitrogen and oxygen atoms in total. The summed E-state index contributed by atoms with van der Waals surface area (Å²) >= 11 is 5.29. The first-order valence-electron chi connectivity index (χ1n) is 5.88. The predicted molar refractivity (Wildman–Crippen MR) is 78.8 cm³/mol. The van der Waals surface area contributed by atoms with Gasteiger partial charge in [-0.15, -0.1) is 11.3 Å². The van der Waals surface area contributed by atoms with Gasteiger partial charge in [0.05, 0.1) is 3.79 Å². The maximum Gasteiger partial charge on any atom is 0.0701 e. The zero-order chi connectivity index (χ0) is 13.1. The van der Waals surface area contributed by atoms with E-state index in [0.717, 1.165) is 13.0 Å². The number of aliphatic hydroxyl groups is 1. The van der Waals surface area contributed by atoms with Crippen LogP contribution in [0.1, 0.15) is 39.0 Å². The third kappa shape index (κ3) is 4.70. The second-order valence-electron chi connectivity index (χ2n) is 5.70. The highest BCUT2D eigenvalue weighted by molar-refractivity contribution is 9.11. The molecule has 2 N–H and O–H groups in total. The third-order valence-corrected chi connectivity index (χ3v) is 4.98. The van der Waals surface area contributed by atoms with E-state index in [4.69, 9.17) is 5.11 Å². The molecular formula is C13H22BrNOS. The number of rotatable bonds is 6. The van der Waals surface area contributed by atoms with E-state index in [1.165, 1.54) is 8.66 Å². The lowest BCUT2D eigenvalue weighted by Crippen LogP contribution is -2.46. The first kappa shape index (κ1) is 15.2. The third-order valence-electron chi connectivity index (χ3n) is 2.99. The number of nitrogens with one attached hydrogen (secondary N) is 1. The Kier molecular flexibility index (Phi) is 5.20. The molecule has 0 unspecified atom stereocenters. The van der Waals surface area contributed by atoms with Crippen LogP contribution in [0.25, 0.3) is 0 Å². The Morgan fingerprint density at radius 1 is 1.29 bits per heavy atom. The summed E-state index contributed by atoms with van der Waals surface area (Å²) in [6, 6.07) is 4.27. The SMILES string of the molecule is CC(C)(CCO)NCC(C)(C)c1ccc(Br)s1. The highest BCUT2D eigenvalue weighted by Crippen LogP contribution is 2.32. The molecule has 0 aromatic carbocycles. The number of hydrogen-bond acceptors (Lipinski definition) is 3. The minimum atomic E-state index is -0.0134. The maximum atomic E-state index is 9.01. The van der Waals surface area contributed by atoms with E-state index in [1.54, 1.807) is 11.3 Å². The zero-order valence-corrected chi connectivity index (χ0v) is 13.4. The van der Waals surface area contributed by atoms with Gasteiger partial charge < -0.3 is 10.4 Å². The Balaban J connectivity index is 2.61. The summed E-state index contributed by atoms with van der Waals surface area (Å²) in [6.45, 7) is 9.88. The van der Waals surface area contributed by atoms with Gasteiger partial charge in [-0.3, -0.25) is 0 Å². The van der Waals surface area contributed by atoms with Gasteiger partial charge in [-0.05, 0) is 48.3 Å². The van der Waals surface area contributed by atoms with Crippen LogP contribution in [0.5, 0.6) is 0 Å². The molecule has 0 amide bonds. The minimum absolute atomic E-state index is 0.0134. The van der Waals surface area contributed by atoms with Crippen molar-refractivity contribution in [1.29, 1.82) is 0 Å². The Bertz CT molecular complexity index is 360. The van der Waals surface area contributed by atoms with Crippen LogP contribution >= 0.6 is 27.3 Å². The molecule has 0 aliphatic heterocycles. The van der Waals surface area contributed by atoms with Crippen molar-refractivity contribution in [3.05, 3.63) is 20.8 Å². The molecule has 1 aromatic heterocycles. The first-order valence-corrected chi connectivity index (χ1v) is 7.49. The Hall–Kier alpha value is 0.1000. The molecule has 0 spiro atoms. The molecule has 0 fully saturated rings. The molecule has 0 saturated heterocycles. The van der Waals surface area contributed by atoms with Crippen molar-refractivity contribution in [2.75, 3.05) is 13.2 Å². The van der Waals surface area contributed by atoms with Crippen molar-refractivity contribution in [3.8, 4) is 0 Å². The number of hydrogen-bond donors (Lipinski definition) is 2. The van der Waals surface area contributed by atoms with E-state index in [-0.39, 0.29) is 17.6 Å². The van der Waals surface area contributed by atoms with Crippen LogP contribution in [0.2, 0.25) is 0 Å². The van der Waals surface area contributed by atoms with Crippen molar-refractivity contribution in [3.63, 3.8) is 0 Å². The van der Waals surface area contributed by atoms with Gasteiger partial charge in [0.1, 0.15) is 0 Å². The summed E-state index contributed by atoms with van der Waals surface area (Å²) in [5.41, 5.74) is 0.101. The number of thiophene rings is 1. The van der Waals surface area contributed by atoms with E-state index in [9.17, 15) is 0 Å². The van der Waals surface area contributed by atoms with Gasteiger partial charge in [0.2, 0.25) is 0 Å². The molecule has 0 saturated carbocycles. The van der Waals surface area contributed by atoms with Gasteiger partial charge in [0.25, 0.3) is 0 Å². The van der Waals surface area contributed by atoms with Gasteiger partial charge in [0.15, 0.2) is 0 Å². The van der Waals surface area contributed by atoms with Crippen molar-refractivity contribution >= 4 is 27.3 Å². The van der Waals surface area contributed by atoms with Crippen LogP contribution in [0.3, 0.4) is 0 Å². The van der Waals surface area contributed by atoms with Gasteiger partial charge in [0, 0.05) is 29.0 Å². The van der Waals surface area contributed by atoms with Gasteiger partial charge in [-0.2, -0.15) is 0 Å². The molecule has 0 bridgehead atoms. The topological polar surface area (TPSA) is 32.3 Å². The Labute approximate surface area is 117 Å². The minimum Gasteiger partial charge on any atom is -0.396 e. The van der Waals surface area contributed by atoms with Crippen molar-refractivity contribution in [2.45, 2.75) is 45.1 Å². The second-order valence-corrected chi connectivity index (χ2v) is 8.16. The molecular weight excluding hydrogens is 298 g/mol. The maximum absolute atomic E-state index is 9.01. The molecule has 17 heavy (non-hydrogen) atoms. The van der Waals surface area contributed by atoms with E-state index in [2.05, 4.69) is 61.1 Å². The fourth-order valence-corrected chi connectivity index (χ4v) is 3.08. The van der Waals surface area contributed by atoms with Crippen molar-refractivity contribution in [1.82, 2.24) is 5.32 Å². The highest BCUT2D eigenvalue weighted by atomic mass is 79.9. The van der Waals surface area contributed by atoms with Crippen molar-refractivity contribution in [2.24, 2.45) is 0 Å². The van der Waals surface area contributed by atoms with E-state index in [1.807, 2.05) is 0 Å². The molecule has 0 aliphatic carbocycles. The molecule has 1 heterocycles. The van der Waals surface area contributed by atoms with Crippen LogP contribution in [0.4, 0.5) is 0 Å². The quantitative estimate of drug-likeness (QED) is 0.840. The van der Waals surface area contributed by atoms with Gasteiger partial charge in [-0.1, -0.05) is 13.8 Å². The van der Waals surface area contributed by atoms with Crippen LogP contribution in [0.15, 0.2) is 15.9 Å². The summed E-state index contributed by atoms with van der Waals surface area (Å²) in [7, 11) is 0. The Morgan fingerprint density at radius 2 is 1.94 bits per heavy atom. The van der Waals surface area contributed by atoms with E-state index >= 15 is 0 Å². The summed E-state index contributed by atoms with van der Waals surface area (Å²) in [5.74, 6) is 0. The Morgan fingerprint density at radius 3 is 2.41 bits per heavy atom. The van der Waals surface area contributed by atoms with Crippen LogP contribution < -0.4 is 5.32 Å². The molecule has 0 aliphatic rings. The lowest BCUT2D eigenvalue weighted by Gasteiger charge is -2.32. The zero-order valence-electron chi connectivity index (χ0n) is 11.0. The predicted octanol–water partition coefficient (Wildman–Crippen LogP) is 3.54. The lowest BCUT2D eigenvalue weighted by molar-refractivity contribution is 0.224. The molecule has 0 atom stereocenters. The van der Waals surface area contributed by atoms with Crippen LogP contribution in [-0.4, -0.2) is 23.8 Å². The number of aliphatic hydroxyl groups excluding tert-OH is 1. The molecule has 4 heteroatoms. The number of halogens is 1. The fourth-order valence-electron chi connectivity index (χ4n) is 1.59. The summed E-state index contributed by atoms with van der Waals surface area (Å²) in [4.78, 5) is 1.37. The normalized spacial score (nSPS) is 13.1. The van der Waals surface area contributed by atoms with Crippen LogP contribution in [-0.2, 0) is 5.41 Å². The lowest BCUT2D eigenvalue weighted by atomic mass is 9.89. The molecule has 98 valence electrons. The van der Waals surface area contributed by atoms with Gasteiger partial charge >= 0.3 is 0 Å². The smallest absolute Gasteiger partial charge is 0.0701 e.